The van der Waals surface area contributed by atoms with Gasteiger partial charge in [-0.25, -0.2) is 8.42 Å². The van der Waals surface area contributed by atoms with Gasteiger partial charge in [0.1, 0.15) is 6.04 Å². The summed E-state index contributed by atoms with van der Waals surface area (Å²) in [4.78, 5) is 26.5. The highest BCUT2D eigenvalue weighted by molar-refractivity contribution is 7.89. The van der Waals surface area contributed by atoms with Gasteiger partial charge < -0.3 is 10.0 Å². The molecule has 166 valence electrons. The molecule has 0 aliphatic carbocycles. The number of hydrogen-bond donors (Lipinski definition) is 1. The molecule has 8 heteroatoms. The predicted octanol–water partition coefficient (Wildman–Crippen LogP) is 2.93. The van der Waals surface area contributed by atoms with E-state index in [1.807, 2.05) is 54.6 Å². The molecule has 32 heavy (non-hydrogen) atoms. The van der Waals surface area contributed by atoms with Crippen LogP contribution < -0.4 is 0 Å². The van der Waals surface area contributed by atoms with Crippen molar-refractivity contribution >= 4 is 32.7 Å². The first kappa shape index (κ1) is 22.0. The molecular formula is C24H24N2O5S. The second-order valence-electron chi connectivity index (χ2n) is 7.90. The lowest BCUT2D eigenvalue weighted by Gasteiger charge is -2.39. The van der Waals surface area contributed by atoms with Gasteiger partial charge in [0.15, 0.2) is 0 Å². The second-order valence-corrected chi connectivity index (χ2v) is 9.79. The van der Waals surface area contributed by atoms with Crippen LogP contribution >= 0.6 is 0 Å². The van der Waals surface area contributed by atoms with Crippen LogP contribution in [-0.4, -0.2) is 60.3 Å². The normalized spacial score (nSPS) is 18.4. The van der Waals surface area contributed by atoms with E-state index in [4.69, 9.17) is 0 Å². The van der Waals surface area contributed by atoms with Crippen LogP contribution in [0.4, 0.5) is 0 Å². The molecule has 2 atom stereocenters. The first-order valence-electron chi connectivity index (χ1n) is 10.4. The van der Waals surface area contributed by atoms with Crippen molar-refractivity contribution in [3.8, 4) is 0 Å². The van der Waals surface area contributed by atoms with Crippen molar-refractivity contribution in [1.82, 2.24) is 9.21 Å². The highest BCUT2D eigenvalue weighted by Crippen LogP contribution is 2.27. The zero-order valence-corrected chi connectivity index (χ0v) is 18.4. The van der Waals surface area contributed by atoms with Crippen LogP contribution in [0.5, 0.6) is 0 Å². The van der Waals surface area contributed by atoms with Crippen LogP contribution in [0.2, 0.25) is 0 Å². The standard InChI is InChI=1S/C24H24N2O5S/c1-17(18-7-3-2-4-8-18)23(27)25-13-14-26(22(16-25)24(28)29)32(30,31)21-12-11-19-9-5-6-10-20(19)15-21/h2-12,15,17,22H,13-14,16H2,1H3,(H,28,29)/t17-,22?/m1/s1. The molecule has 0 spiro atoms. The van der Waals surface area contributed by atoms with Crippen LogP contribution in [0.1, 0.15) is 18.4 Å². The van der Waals surface area contributed by atoms with Crippen molar-refractivity contribution in [3.05, 3.63) is 78.4 Å². The van der Waals surface area contributed by atoms with E-state index in [0.717, 1.165) is 20.6 Å². The lowest BCUT2D eigenvalue weighted by Crippen LogP contribution is -2.59. The Morgan fingerprint density at radius 1 is 0.938 bits per heavy atom. The molecule has 1 aliphatic heterocycles. The number of carbonyl (C=O) groups is 2. The van der Waals surface area contributed by atoms with Crippen LogP contribution in [0, 0.1) is 0 Å². The number of benzene rings is 3. The third-order valence-electron chi connectivity index (χ3n) is 5.93. The number of fused-ring (bicyclic) bond motifs is 1. The summed E-state index contributed by atoms with van der Waals surface area (Å²) in [5.41, 5.74) is 0.829. The zero-order valence-electron chi connectivity index (χ0n) is 17.6. The SMILES string of the molecule is C[C@@H](C(=O)N1CCN(S(=O)(=O)c2ccc3ccccc3c2)C(C(=O)O)C1)c1ccccc1. The molecule has 3 aromatic rings. The fraction of sp³-hybridized carbons (Fsp3) is 0.250. The first-order chi connectivity index (χ1) is 15.3. The van der Waals surface area contributed by atoms with Crippen molar-refractivity contribution < 1.29 is 23.1 Å². The van der Waals surface area contributed by atoms with E-state index in [1.54, 1.807) is 19.1 Å². The lowest BCUT2D eigenvalue weighted by atomic mass is 9.99. The number of carboxylic acid groups (broad SMARTS) is 1. The first-order valence-corrected chi connectivity index (χ1v) is 11.8. The minimum Gasteiger partial charge on any atom is -0.480 e. The van der Waals surface area contributed by atoms with Crippen molar-refractivity contribution in [2.45, 2.75) is 23.8 Å². The van der Waals surface area contributed by atoms with Crippen molar-refractivity contribution in [2.75, 3.05) is 19.6 Å². The summed E-state index contributed by atoms with van der Waals surface area (Å²) in [6.07, 6.45) is 0. The number of sulfonamides is 1. The molecule has 1 unspecified atom stereocenters. The number of nitrogens with zero attached hydrogens (tertiary/aromatic N) is 2. The van der Waals surface area contributed by atoms with Gasteiger partial charge in [-0.05, 0) is 35.4 Å². The van der Waals surface area contributed by atoms with E-state index < -0.39 is 28.0 Å². The summed E-state index contributed by atoms with van der Waals surface area (Å²) >= 11 is 0. The van der Waals surface area contributed by atoms with Crippen molar-refractivity contribution in [1.29, 1.82) is 0 Å². The minimum absolute atomic E-state index is 0.0416. The molecule has 4 rings (SSSR count). The molecule has 3 aromatic carbocycles. The van der Waals surface area contributed by atoms with Gasteiger partial charge in [0.25, 0.3) is 0 Å². The monoisotopic (exact) mass is 452 g/mol. The Hall–Kier alpha value is -3.23. The number of carboxylic acids is 1. The van der Waals surface area contributed by atoms with E-state index in [2.05, 4.69) is 0 Å². The third-order valence-corrected chi connectivity index (χ3v) is 7.83. The Kier molecular flexibility index (Phi) is 5.99. The van der Waals surface area contributed by atoms with Crippen molar-refractivity contribution in [2.24, 2.45) is 0 Å². The van der Waals surface area contributed by atoms with Gasteiger partial charge in [-0.2, -0.15) is 4.31 Å². The van der Waals surface area contributed by atoms with Gasteiger partial charge in [0.05, 0.1) is 10.8 Å². The number of amides is 1. The van der Waals surface area contributed by atoms with Crippen LogP contribution in [-0.2, 0) is 19.6 Å². The van der Waals surface area contributed by atoms with E-state index in [-0.39, 0.29) is 30.4 Å². The molecule has 1 aliphatic rings. The summed E-state index contributed by atoms with van der Waals surface area (Å²) in [6.45, 7) is 1.62. The third kappa shape index (κ3) is 4.11. The molecule has 1 amide bonds. The van der Waals surface area contributed by atoms with Crippen LogP contribution in [0.25, 0.3) is 10.8 Å². The average molecular weight is 453 g/mol. The number of hydrogen-bond acceptors (Lipinski definition) is 4. The molecule has 0 aromatic heterocycles. The summed E-state index contributed by atoms with van der Waals surface area (Å²) in [5, 5.41) is 11.5. The van der Waals surface area contributed by atoms with Gasteiger partial charge >= 0.3 is 5.97 Å². The molecule has 1 saturated heterocycles. The fourth-order valence-corrected chi connectivity index (χ4v) is 5.68. The fourth-order valence-electron chi connectivity index (χ4n) is 4.08. The summed E-state index contributed by atoms with van der Waals surface area (Å²) in [7, 11) is -4.05. The van der Waals surface area contributed by atoms with Crippen molar-refractivity contribution in [3.63, 3.8) is 0 Å². The minimum atomic E-state index is -4.05. The molecule has 1 heterocycles. The van der Waals surface area contributed by atoms with Gasteiger partial charge in [-0.15, -0.1) is 0 Å². The molecule has 0 saturated carbocycles. The summed E-state index contributed by atoms with van der Waals surface area (Å²) in [5.74, 6) is -1.95. The Labute approximate surface area is 186 Å². The van der Waals surface area contributed by atoms with Gasteiger partial charge in [0, 0.05) is 19.6 Å². The molecule has 0 radical (unpaired) electrons. The smallest absolute Gasteiger partial charge is 0.323 e. The predicted molar refractivity (Wildman–Crippen MR) is 121 cm³/mol. The largest absolute Gasteiger partial charge is 0.480 e. The second kappa shape index (κ2) is 8.72. The Bertz CT molecular complexity index is 1260. The van der Waals surface area contributed by atoms with Crippen LogP contribution in [0.3, 0.4) is 0 Å². The maximum atomic E-state index is 13.3. The average Bonchev–Trinajstić information content (AvgIpc) is 2.82. The van der Waals surface area contributed by atoms with E-state index in [0.29, 0.717) is 0 Å². The molecule has 1 fully saturated rings. The zero-order chi connectivity index (χ0) is 22.9. The van der Waals surface area contributed by atoms with E-state index in [1.165, 1.54) is 11.0 Å². The van der Waals surface area contributed by atoms with E-state index >= 15 is 0 Å². The molecule has 0 bridgehead atoms. The number of carbonyl (C=O) groups excluding carboxylic acids is 1. The molecular weight excluding hydrogens is 428 g/mol. The Morgan fingerprint density at radius 2 is 1.59 bits per heavy atom. The number of aliphatic carboxylic acids is 1. The van der Waals surface area contributed by atoms with Gasteiger partial charge in [0.2, 0.25) is 15.9 Å². The summed E-state index contributed by atoms with van der Waals surface area (Å²) in [6, 6.07) is 20.0. The lowest BCUT2D eigenvalue weighted by molar-refractivity contribution is -0.146. The molecule has 7 nitrogen and oxygen atoms in total. The quantitative estimate of drug-likeness (QED) is 0.642. The topological polar surface area (TPSA) is 95.0 Å². The maximum Gasteiger partial charge on any atom is 0.323 e. The highest BCUT2D eigenvalue weighted by atomic mass is 32.2. The van der Waals surface area contributed by atoms with E-state index in [9.17, 15) is 23.1 Å². The van der Waals surface area contributed by atoms with Crippen LogP contribution in [0.15, 0.2) is 77.7 Å². The Balaban J connectivity index is 1.59. The van der Waals surface area contributed by atoms with Gasteiger partial charge in [-0.1, -0.05) is 60.7 Å². The number of piperazine rings is 1. The van der Waals surface area contributed by atoms with Gasteiger partial charge in [-0.3, -0.25) is 9.59 Å². The highest BCUT2D eigenvalue weighted by Gasteiger charge is 2.42. The maximum absolute atomic E-state index is 13.3. The molecule has 1 N–H and O–H groups in total. The number of rotatable bonds is 5. The Morgan fingerprint density at radius 3 is 2.28 bits per heavy atom. The summed E-state index contributed by atoms with van der Waals surface area (Å²) < 4.78 is 27.7.